The van der Waals surface area contributed by atoms with Gasteiger partial charge in [-0.15, -0.1) is 11.3 Å². The van der Waals surface area contributed by atoms with Gasteiger partial charge in [-0.25, -0.2) is 4.98 Å². The molecular weight excluding hydrogens is 366 g/mol. The molecule has 1 aliphatic carbocycles. The summed E-state index contributed by atoms with van der Waals surface area (Å²) in [5.74, 6) is 0.621. The van der Waals surface area contributed by atoms with Crippen LogP contribution in [0.4, 0.5) is 5.13 Å². The summed E-state index contributed by atoms with van der Waals surface area (Å²) in [7, 11) is 0. The summed E-state index contributed by atoms with van der Waals surface area (Å²) >= 11 is 1.31. The third-order valence-electron chi connectivity index (χ3n) is 5.24. The summed E-state index contributed by atoms with van der Waals surface area (Å²) in [6.07, 6.45) is 3.63. The van der Waals surface area contributed by atoms with Gasteiger partial charge in [0.2, 0.25) is 17.7 Å². The molecule has 1 N–H and O–H groups in total. The van der Waals surface area contributed by atoms with Crippen LogP contribution in [-0.2, 0) is 14.4 Å². The molecule has 1 aliphatic heterocycles. The van der Waals surface area contributed by atoms with Gasteiger partial charge in [-0.1, -0.05) is 12.8 Å². The number of carbonyl (C=O) groups excluding carboxylic acids is 3. The SMILES string of the molecule is Cc1ccc(-c2csc(NC(=O)CCN3C(=O)[C@H]4CCCC[C@H]4C3=O)n2)o1. The van der Waals surface area contributed by atoms with E-state index in [0.717, 1.165) is 31.4 Å². The number of imide groups is 1. The number of aromatic nitrogens is 1. The number of hydrogen-bond acceptors (Lipinski definition) is 6. The van der Waals surface area contributed by atoms with Crippen LogP contribution in [0.25, 0.3) is 11.5 Å². The smallest absolute Gasteiger partial charge is 0.233 e. The molecule has 4 rings (SSSR count). The van der Waals surface area contributed by atoms with E-state index < -0.39 is 0 Å². The third kappa shape index (κ3) is 3.53. The van der Waals surface area contributed by atoms with Crippen molar-refractivity contribution in [2.24, 2.45) is 11.8 Å². The molecule has 2 aromatic heterocycles. The first-order chi connectivity index (χ1) is 13.0. The molecule has 0 unspecified atom stereocenters. The number of thiazole rings is 1. The van der Waals surface area contributed by atoms with Crippen LogP contribution < -0.4 is 5.32 Å². The van der Waals surface area contributed by atoms with Gasteiger partial charge in [-0.2, -0.15) is 0 Å². The molecule has 2 aromatic rings. The quantitative estimate of drug-likeness (QED) is 0.795. The zero-order chi connectivity index (χ0) is 19.0. The fourth-order valence-electron chi connectivity index (χ4n) is 3.86. The van der Waals surface area contributed by atoms with Gasteiger partial charge in [0.05, 0.1) is 11.8 Å². The minimum absolute atomic E-state index is 0.0751. The second-order valence-electron chi connectivity index (χ2n) is 7.07. The monoisotopic (exact) mass is 387 g/mol. The van der Waals surface area contributed by atoms with Crippen molar-refractivity contribution >= 4 is 34.2 Å². The lowest BCUT2D eigenvalue weighted by Crippen LogP contribution is -2.34. The van der Waals surface area contributed by atoms with Crippen LogP contribution in [0, 0.1) is 18.8 Å². The highest BCUT2D eigenvalue weighted by Crippen LogP contribution is 2.38. The molecule has 27 heavy (non-hydrogen) atoms. The predicted molar refractivity (Wildman–Crippen MR) is 100.0 cm³/mol. The summed E-state index contributed by atoms with van der Waals surface area (Å²) in [6, 6.07) is 3.69. The Balaban J connectivity index is 1.33. The molecule has 142 valence electrons. The number of aryl methyl sites for hydroxylation is 1. The van der Waals surface area contributed by atoms with Crippen LogP contribution >= 0.6 is 11.3 Å². The molecule has 2 aliphatic rings. The van der Waals surface area contributed by atoms with Crippen molar-refractivity contribution in [1.29, 1.82) is 0 Å². The first-order valence-corrected chi connectivity index (χ1v) is 10.1. The Bertz CT molecular complexity index is 863. The maximum atomic E-state index is 12.4. The number of fused-ring (bicyclic) bond motifs is 1. The van der Waals surface area contributed by atoms with Gasteiger partial charge in [-0.3, -0.25) is 19.3 Å². The van der Waals surface area contributed by atoms with Crippen LogP contribution in [0.15, 0.2) is 21.9 Å². The van der Waals surface area contributed by atoms with Crippen LogP contribution in [0.2, 0.25) is 0 Å². The number of hydrogen-bond donors (Lipinski definition) is 1. The van der Waals surface area contributed by atoms with Gasteiger partial charge in [0.15, 0.2) is 10.9 Å². The molecule has 1 saturated heterocycles. The fraction of sp³-hybridized carbons (Fsp3) is 0.474. The van der Waals surface area contributed by atoms with Gasteiger partial charge in [0, 0.05) is 18.3 Å². The molecule has 3 amide bonds. The van der Waals surface area contributed by atoms with Crippen molar-refractivity contribution in [3.05, 3.63) is 23.3 Å². The summed E-state index contributed by atoms with van der Waals surface area (Å²) in [5.41, 5.74) is 0.664. The first kappa shape index (κ1) is 17.9. The number of nitrogens with zero attached hydrogens (tertiary/aromatic N) is 2. The van der Waals surface area contributed by atoms with Crippen molar-refractivity contribution in [2.45, 2.75) is 39.0 Å². The zero-order valence-electron chi connectivity index (χ0n) is 15.1. The molecule has 0 spiro atoms. The van der Waals surface area contributed by atoms with E-state index in [9.17, 15) is 14.4 Å². The van der Waals surface area contributed by atoms with E-state index in [1.54, 1.807) is 0 Å². The van der Waals surface area contributed by atoms with Crippen LogP contribution in [0.3, 0.4) is 0 Å². The van der Waals surface area contributed by atoms with Crippen molar-refractivity contribution in [3.63, 3.8) is 0 Å². The van der Waals surface area contributed by atoms with Gasteiger partial charge in [0.1, 0.15) is 11.5 Å². The minimum atomic E-state index is -0.262. The Labute approximate surface area is 160 Å². The molecule has 0 aromatic carbocycles. The lowest BCUT2D eigenvalue weighted by molar-refractivity contribution is -0.140. The predicted octanol–water partition coefficient (Wildman–Crippen LogP) is 3.22. The highest BCUT2D eigenvalue weighted by Gasteiger charge is 2.47. The van der Waals surface area contributed by atoms with E-state index in [2.05, 4.69) is 10.3 Å². The topological polar surface area (TPSA) is 92.5 Å². The van der Waals surface area contributed by atoms with Crippen molar-refractivity contribution in [1.82, 2.24) is 9.88 Å². The molecule has 3 heterocycles. The third-order valence-corrected chi connectivity index (χ3v) is 6.00. The molecular formula is C19H21N3O4S. The maximum absolute atomic E-state index is 12.4. The molecule has 1 saturated carbocycles. The minimum Gasteiger partial charge on any atom is -0.460 e. The largest absolute Gasteiger partial charge is 0.460 e. The summed E-state index contributed by atoms with van der Waals surface area (Å²) in [4.78, 5) is 42.7. The van der Waals surface area contributed by atoms with Crippen LogP contribution in [0.5, 0.6) is 0 Å². The Morgan fingerprint density at radius 3 is 2.59 bits per heavy atom. The Kier molecular flexibility index (Phi) is 4.82. The number of amides is 3. The average molecular weight is 387 g/mol. The van der Waals surface area contributed by atoms with E-state index >= 15 is 0 Å². The van der Waals surface area contributed by atoms with Crippen molar-refractivity contribution in [2.75, 3.05) is 11.9 Å². The van der Waals surface area contributed by atoms with Crippen molar-refractivity contribution < 1.29 is 18.8 Å². The van der Waals surface area contributed by atoms with Gasteiger partial charge in [-0.05, 0) is 31.9 Å². The summed E-state index contributed by atoms with van der Waals surface area (Å²) in [5, 5.41) is 5.01. The summed E-state index contributed by atoms with van der Waals surface area (Å²) < 4.78 is 5.52. The molecule has 2 atom stereocenters. The number of rotatable bonds is 5. The van der Waals surface area contributed by atoms with Crippen LogP contribution in [0.1, 0.15) is 37.9 Å². The molecule has 0 bridgehead atoms. The Morgan fingerprint density at radius 1 is 1.26 bits per heavy atom. The lowest BCUT2D eigenvalue weighted by Gasteiger charge is -2.19. The van der Waals surface area contributed by atoms with Crippen molar-refractivity contribution in [3.8, 4) is 11.5 Å². The average Bonchev–Trinajstić information content (AvgIpc) is 3.35. The maximum Gasteiger partial charge on any atom is 0.233 e. The van der Waals surface area contributed by atoms with E-state index in [1.165, 1.54) is 16.2 Å². The summed E-state index contributed by atoms with van der Waals surface area (Å²) in [6.45, 7) is 1.99. The van der Waals surface area contributed by atoms with E-state index in [-0.39, 0.29) is 42.5 Å². The first-order valence-electron chi connectivity index (χ1n) is 9.20. The highest BCUT2D eigenvalue weighted by molar-refractivity contribution is 7.14. The number of carbonyl (C=O) groups is 3. The standard InChI is InChI=1S/C19H21N3O4S/c1-11-6-7-15(26-11)14-10-27-19(20-14)21-16(23)8-9-22-17(24)12-4-2-3-5-13(12)18(22)25/h6-7,10,12-13H,2-5,8-9H2,1H3,(H,20,21,23)/t12-,13+. The van der Waals surface area contributed by atoms with E-state index in [4.69, 9.17) is 4.42 Å². The van der Waals surface area contributed by atoms with Crippen LogP contribution in [-0.4, -0.2) is 34.2 Å². The molecule has 2 fully saturated rings. The number of nitrogens with one attached hydrogen (secondary N) is 1. The Morgan fingerprint density at radius 2 is 1.96 bits per heavy atom. The van der Waals surface area contributed by atoms with E-state index in [1.807, 2.05) is 24.4 Å². The molecule has 0 radical (unpaired) electrons. The second kappa shape index (κ2) is 7.26. The van der Waals surface area contributed by atoms with Gasteiger partial charge >= 0.3 is 0 Å². The lowest BCUT2D eigenvalue weighted by atomic mass is 9.81. The number of likely N-dealkylation sites (tertiary alicyclic amines) is 1. The molecule has 8 heteroatoms. The number of anilines is 1. The number of furan rings is 1. The molecule has 7 nitrogen and oxygen atoms in total. The fourth-order valence-corrected chi connectivity index (χ4v) is 4.58. The normalized spacial score (nSPS) is 22.2. The van der Waals surface area contributed by atoms with Gasteiger partial charge < -0.3 is 9.73 Å². The highest BCUT2D eigenvalue weighted by atomic mass is 32.1. The van der Waals surface area contributed by atoms with E-state index in [0.29, 0.717) is 16.6 Å². The Hall–Kier alpha value is -2.48. The van der Waals surface area contributed by atoms with Gasteiger partial charge in [0.25, 0.3) is 0 Å². The second-order valence-corrected chi connectivity index (χ2v) is 7.93. The zero-order valence-corrected chi connectivity index (χ0v) is 15.9.